The summed E-state index contributed by atoms with van der Waals surface area (Å²) in [5, 5.41) is 13.2. The van der Waals surface area contributed by atoms with Crippen molar-refractivity contribution >= 4 is 22.4 Å². The smallest absolute Gasteiger partial charge is 0.243 e. The Balaban J connectivity index is 1.47. The monoisotopic (exact) mass is 320 g/mol. The minimum atomic E-state index is -0.128. The molecule has 0 aliphatic carbocycles. The number of likely N-dealkylation sites (tertiary alicyclic amines) is 1. The average molecular weight is 320 g/mol. The van der Waals surface area contributed by atoms with Crippen LogP contribution in [-0.2, 0) is 11.3 Å². The molecule has 0 aromatic carbocycles. The molecule has 7 nitrogen and oxygen atoms in total. The number of carbonyl (C=O) groups is 1. The Morgan fingerprint density at radius 3 is 2.91 bits per heavy atom. The van der Waals surface area contributed by atoms with Crippen molar-refractivity contribution in [3.05, 3.63) is 24.0 Å². The van der Waals surface area contributed by atoms with Gasteiger partial charge in [-0.2, -0.15) is 0 Å². The van der Waals surface area contributed by atoms with Crippen molar-refractivity contribution in [1.29, 1.82) is 0 Å². The molecular formula is C14H20N6OS. The van der Waals surface area contributed by atoms with E-state index in [-0.39, 0.29) is 11.9 Å². The number of nitrogens with one attached hydrogen (secondary N) is 1. The predicted octanol–water partition coefficient (Wildman–Crippen LogP) is 1.47. The second-order valence-corrected chi connectivity index (χ2v) is 6.50. The van der Waals surface area contributed by atoms with E-state index in [9.17, 15) is 4.79 Å². The molecule has 0 saturated carbocycles. The summed E-state index contributed by atoms with van der Waals surface area (Å²) in [6, 6.07) is -0.128. The van der Waals surface area contributed by atoms with Crippen molar-refractivity contribution in [3.8, 4) is 0 Å². The van der Waals surface area contributed by atoms with Crippen LogP contribution in [0.25, 0.3) is 0 Å². The lowest BCUT2D eigenvalue weighted by molar-refractivity contribution is -0.121. The molecule has 1 aliphatic rings. The molecule has 2 aromatic rings. The molecule has 1 amide bonds. The number of hydrogen-bond donors (Lipinski definition) is 1. The lowest BCUT2D eigenvalue weighted by atomic mass is 9.96. The Hall–Kier alpha value is -1.80. The Morgan fingerprint density at radius 2 is 2.27 bits per heavy atom. The van der Waals surface area contributed by atoms with Crippen LogP contribution in [0.4, 0.5) is 5.13 Å². The maximum absolute atomic E-state index is 12.2. The number of anilines is 1. The first-order valence-electron chi connectivity index (χ1n) is 7.51. The van der Waals surface area contributed by atoms with Crippen LogP contribution in [0.2, 0.25) is 0 Å². The van der Waals surface area contributed by atoms with Crippen molar-refractivity contribution in [2.24, 2.45) is 5.92 Å². The maximum atomic E-state index is 12.2. The molecule has 0 spiro atoms. The molecule has 1 saturated heterocycles. The molecule has 0 radical (unpaired) electrons. The van der Waals surface area contributed by atoms with E-state index in [0.29, 0.717) is 11.0 Å². The second-order valence-electron chi connectivity index (χ2n) is 5.61. The lowest BCUT2D eigenvalue weighted by Crippen LogP contribution is -2.46. The molecule has 1 atom stereocenters. The van der Waals surface area contributed by atoms with Gasteiger partial charge in [0.05, 0.1) is 12.2 Å². The summed E-state index contributed by atoms with van der Waals surface area (Å²) in [6.45, 7) is 4.74. The van der Waals surface area contributed by atoms with Crippen molar-refractivity contribution in [2.45, 2.75) is 32.4 Å². The molecule has 3 heterocycles. The van der Waals surface area contributed by atoms with Gasteiger partial charge in [0.1, 0.15) is 0 Å². The Bertz CT molecular complexity index is 577. The predicted molar refractivity (Wildman–Crippen MR) is 84.5 cm³/mol. The minimum absolute atomic E-state index is 0.0182. The van der Waals surface area contributed by atoms with Gasteiger partial charge in [0.25, 0.3) is 0 Å². The van der Waals surface area contributed by atoms with Gasteiger partial charge in [-0.25, -0.2) is 4.98 Å². The van der Waals surface area contributed by atoms with Crippen LogP contribution in [0, 0.1) is 5.92 Å². The van der Waals surface area contributed by atoms with E-state index in [1.165, 1.54) is 11.3 Å². The van der Waals surface area contributed by atoms with Crippen molar-refractivity contribution in [1.82, 2.24) is 24.9 Å². The molecule has 1 N–H and O–H groups in total. The number of carbonyl (C=O) groups excluding carboxylic acids is 1. The standard InChI is InChI=1S/C14H20N6OS/c1-11(13(21)17-14-15-5-9-22-14)19-6-2-12(3-7-19)10-20-8-4-16-18-20/h4-5,8-9,11-12H,2-3,6-7,10H2,1H3,(H,15,17,21). The molecule has 118 valence electrons. The van der Waals surface area contributed by atoms with Crippen LogP contribution >= 0.6 is 11.3 Å². The molecule has 0 bridgehead atoms. The van der Waals surface area contributed by atoms with E-state index in [0.717, 1.165) is 32.5 Å². The fraction of sp³-hybridized carbons (Fsp3) is 0.571. The highest BCUT2D eigenvalue weighted by atomic mass is 32.1. The molecular weight excluding hydrogens is 300 g/mol. The molecule has 8 heteroatoms. The first-order chi connectivity index (χ1) is 10.7. The molecule has 22 heavy (non-hydrogen) atoms. The Labute approximate surface area is 133 Å². The summed E-state index contributed by atoms with van der Waals surface area (Å²) in [7, 11) is 0. The zero-order valence-electron chi connectivity index (χ0n) is 12.6. The van der Waals surface area contributed by atoms with Crippen LogP contribution in [0.1, 0.15) is 19.8 Å². The van der Waals surface area contributed by atoms with Gasteiger partial charge in [-0.15, -0.1) is 16.4 Å². The summed E-state index contributed by atoms with van der Waals surface area (Å²) in [4.78, 5) is 18.6. The maximum Gasteiger partial charge on any atom is 0.243 e. The highest BCUT2D eigenvalue weighted by molar-refractivity contribution is 7.13. The fourth-order valence-electron chi connectivity index (χ4n) is 2.78. The number of aromatic nitrogens is 4. The van der Waals surface area contributed by atoms with Crippen LogP contribution < -0.4 is 5.32 Å². The van der Waals surface area contributed by atoms with E-state index in [1.54, 1.807) is 12.4 Å². The van der Waals surface area contributed by atoms with Crippen molar-refractivity contribution in [2.75, 3.05) is 18.4 Å². The van der Waals surface area contributed by atoms with Gasteiger partial charge >= 0.3 is 0 Å². The summed E-state index contributed by atoms with van der Waals surface area (Å²) >= 11 is 1.44. The van der Waals surface area contributed by atoms with Gasteiger partial charge in [-0.05, 0) is 38.8 Å². The second kappa shape index (κ2) is 6.97. The quantitative estimate of drug-likeness (QED) is 0.903. The van der Waals surface area contributed by atoms with Gasteiger partial charge in [0, 0.05) is 24.3 Å². The number of hydrogen-bond acceptors (Lipinski definition) is 6. The zero-order valence-corrected chi connectivity index (χ0v) is 13.4. The van der Waals surface area contributed by atoms with Gasteiger partial charge < -0.3 is 5.32 Å². The SMILES string of the molecule is CC(C(=O)Nc1nccs1)N1CCC(Cn2ccnn2)CC1. The summed E-state index contributed by atoms with van der Waals surface area (Å²) in [6.07, 6.45) is 7.46. The first-order valence-corrected chi connectivity index (χ1v) is 8.39. The number of nitrogens with zero attached hydrogens (tertiary/aromatic N) is 5. The summed E-state index contributed by atoms with van der Waals surface area (Å²) in [5.74, 6) is 0.622. The summed E-state index contributed by atoms with van der Waals surface area (Å²) in [5.41, 5.74) is 0. The zero-order chi connectivity index (χ0) is 15.4. The van der Waals surface area contributed by atoms with Crippen molar-refractivity contribution in [3.63, 3.8) is 0 Å². The molecule has 2 aromatic heterocycles. The fourth-order valence-corrected chi connectivity index (χ4v) is 3.31. The lowest BCUT2D eigenvalue weighted by Gasteiger charge is -2.35. The highest BCUT2D eigenvalue weighted by Crippen LogP contribution is 2.21. The molecule has 1 aliphatic heterocycles. The number of piperidine rings is 1. The third kappa shape index (κ3) is 3.69. The largest absolute Gasteiger partial charge is 0.301 e. The third-order valence-corrected chi connectivity index (χ3v) is 4.84. The first kappa shape index (κ1) is 15.1. The van der Waals surface area contributed by atoms with E-state index in [2.05, 4.69) is 25.5 Å². The van der Waals surface area contributed by atoms with Gasteiger partial charge in [-0.1, -0.05) is 5.21 Å². The van der Waals surface area contributed by atoms with E-state index in [1.807, 2.05) is 23.2 Å². The van der Waals surface area contributed by atoms with Gasteiger partial charge in [0.15, 0.2) is 5.13 Å². The van der Waals surface area contributed by atoms with E-state index >= 15 is 0 Å². The highest BCUT2D eigenvalue weighted by Gasteiger charge is 2.27. The average Bonchev–Trinajstić information content (AvgIpc) is 3.21. The summed E-state index contributed by atoms with van der Waals surface area (Å²) < 4.78 is 1.89. The topological polar surface area (TPSA) is 75.9 Å². The van der Waals surface area contributed by atoms with Crippen LogP contribution in [0.15, 0.2) is 24.0 Å². The molecule has 1 unspecified atom stereocenters. The van der Waals surface area contributed by atoms with E-state index in [4.69, 9.17) is 0 Å². The normalized spacial score (nSPS) is 18.2. The van der Waals surface area contributed by atoms with Gasteiger partial charge in [0.2, 0.25) is 5.91 Å². The van der Waals surface area contributed by atoms with Crippen LogP contribution in [0.3, 0.4) is 0 Å². The Kier molecular flexibility index (Phi) is 4.79. The van der Waals surface area contributed by atoms with Crippen LogP contribution in [-0.4, -0.2) is 49.9 Å². The van der Waals surface area contributed by atoms with E-state index < -0.39 is 0 Å². The number of amides is 1. The van der Waals surface area contributed by atoms with Gasteiger partial charge in [-0.3, -0.25) is 14.4 Å². The number of thiazole rings is 1. The minimum Gasteiger partial charge on any atom is -0.301 e. The third-order valence-electron chi connectivity index (χ3n) is 4.16. The Morgan fingerprint density at radius 1 is 1.45 bits per heavy atom. The van der Waals surface area contributed by atoms with Crippen molar-refractivity contribution < 1.29 is 4.79 Å². The molecule has 1 fully saturated rings. The number of rotatable bonds is 5. The van der Waals surface area contributed by atoms with Crippen LogP contribution in [0.5, 0.6) is 0 Å². The molecule has 3 rings (SSSR count).